The zero-order chi connectivity index (χ0) is 21.8. The van der Waals surface area contributed by atoms with E-state index >= 15 is 0 Å². The van der Waals surface area contributed by atoms with Gasteiger partial charge in [-0.1, -0.05) is 29.8 Å². The highest BCUT2D eigenvalue weighted by Crippen LogP contribution is 2.22. The fourth-order valence-corrected chi connectivity index (χ4v) is 3.32. The van der Waals surface area contributed by atoms with Crippen molar-refractivity contribution in [3.63, 3.8) is 0 Å². The molecule has 0 radical (unpaired) electrons. The number of anilines is 1. The van der Waals surface area contributed by atoms with Gasteiger partial charge in [-0.25, -0.2) is 4.68 Å². The zero-order valence-corrected chi connectivity index (χ0v) is 17.6. The van der Waals surface area contributed by atoms with Crippen LogP contribution in [-0.2, 0) is 11.8 Å². The van der Waals surface area contributed by atoms with Crippen LogP contribution in [0.4, 0.5) is 5.69 Å². The van der Waals surface area contributed by atoms with E-state index < -0.39 is 0 Å². The molecule has 3 aromatic rings. The number of hydrogen-bond donors (Lipinski definition) is 1. The highest BCUT2D eigenvalue weighted by atomic mass is 16.5. The molecule has 0 saturated heterocycles. The molecule has 0 fully saturated rings. The summed E-state index contributed by atoms with van der Waals surface area (Å²) in [6, 6.07) is 14.5. The molecule has 156 valence electrons. The molecule has 0 aliphatic carbocycles. The Kier molecular flexibility index (Phi) is 6.20. The van der Waals surface area contributed by atoms with Crippen LogP contribution in [0, 0.1) is 13.8 Å². The number of Topliss-reactive ketones (excluding diaryl/α,β-unsaturated/α-hetero) is 1. The van der Waals surface area contributed by atoms with Crippen molar-refractivity contribution in [2.45, 2.75) is 26.7 Å². The first-order chi connectivity index (χ1) is 14.3. The van der Waals surface area contributed by atoms with Crippen LogP contribution in [0.1, 0.15) is 34.5 Å². The summed E-state index contributed by atoms with van der Waals surface area (Å²) in [6.07, 6.45) is -0.0144. The molecule has 0 bridgehead atoms. The number of benzene rings is 2. The van der Waals surface area contributed by atoms with Gasteiger partial charge in [0, 0.05) is 19.9 Å². The topological polar surface area (TPSA) is 82.3 Å². The van der Waals surface area contributed by atoms with Crippen LogP contribution < -0.4 is 15.6 Å². The van der Waals surface area contributed by atoms with E-state index in [1.807, 2.05) is 43.3 Å². The van der Waals surface area contributed by atoms with E-state index in [1.165, 1.54) is 11.8 Å². The molecule has 1 amide bonds. The zero-order valence-electron chi connectivity index (χ0n) is 17.6. The molecular formula is C23H25N3O4. The van der Waals surface area contributed by atoms with Gasteiger partial charge in [-0.2, -0.15) is 0 Å². The summed E-state index contributed by atoms with van der Waals surface area (Å²) in [5, 5.41) is 2.68. The minimum absolute atomic E-state index is 0.0183. The molecule has 2 aromatic carbocycles. The number of ketones is 1. The van der Waals surface area contributed by atoms with Crippen LogP contribution in [-0.4, -0.2) is 28.2 Å². The number of methoxy groups -OCH3 is 1. The number of nitrogens with zero attached hydrogens (tertiary/aromatic N) is 2. The summed E-state index contributed by atoms with van der Waals surface area (Å²) in [7, 11) is 3.26. The maximum atomic E-state index is 12.9. The third-order valence-electron chi connectivity index (χ3n) is 5.05. The summed E-state index contributed by atoms with van der Waals surface area (Å²) in [4.78, 5) is 37.9. The number of aryl methyl sites for hydroxylation is 1. The van der Waals surface area contributed by atoms with E-state index in [1.54, 1.807) is 30.8 Å². The van der Waals surface area contributed by atoms with Gasteiger partial charge >= 0.3 is 0 Å². The predicted molar refractivity (Wildman–Crippen MR) is 116 cm³/mol. The summed E-state index contributed by atoms with van der Waals surface area (Å²) in [5.41, 5.74) is 2.62. The number of aromatic nitrogens is 2. The second-order valence-electron chi connectivity index (χ2n) is 7.11. The van der Waals surface area contributed by atoms with E-state index in [4.69, 9.17) is 4.74 Å². The minimum Gasteiger partial charge on any atom is -0.496 e. The number of amides is 1. The lowest BCUT2D eigenvalue weighted by atomic mass is 10.0. The molecule has 1 N–H and O–H groups in total. The molecule has 0 saturated carbocycles. The van der Waals surface area contributed by atoms with E-state index in [2.05, 4.69) is 5.32 Å². The van der Waals surface area contributed by atoms with Crippen molar-refractivity contribution in [3.05, 3.63) is 75.7 Å². The van der Waals surface area contributed by atoms with Crippen LogP contribution in [0.3, 0.4) is 0 Å². The smallest absolute Gasteiger partial charge is 0.295 e. The number of hydrogen-bond acceptors (Lipinski definition) is 4. The largest absolute Gasteiger partial charge is 0.496 e. The maximum absolute atomic E-state index is 12.9. The number of para-hydroxylation sites is 1. The lowest BCUT2D eigenvalue weighted by Crippen LogP contribution is -2.23. The normalized spacial score (nSPS) is 10.7. The van der Waals surface area contributed by atoms with Gasteiger partial charge in [-0.3, -0.25) is 19.1 Å². The Morgan fingerprint density at radius 1 is 1.03 bits per heavy atom. The maximum Gasteiger partial charge on any atom is 0.295 e. The van der Waals surface area contributed by atoms with Gasteiger partial charge in [0.15, 0.2) is 5.78 Å². The highest BCUT2D eigenvalue weighted by molar-refractivity contribution is 6.02. The van der Waals surface area contributed by atoms with Crippen molar-refractivity contribution >= 4 is 17.4 Å². The van der Waals surface area contributed by atoms with Crippen molar-refractivity contribution < 1.29 is 14.3 Å². The first-order valence-corrected chi connectivity index (χ1v) is 9.65. The van der Waals surface area contributed by atoms with Crippen molar-refractivity contribution in [1.29, 1.82) is 0 Å². The SMILES string of the molecule is COc1ccc(C)cc1C(=O)CCC(=O)Nc1c(C)n(C)n(-c2ccccc2)c1=O. The van der Waals surface area contributed by atoms with Gasteiger partial charge in [-0.05, 0) is 38.1 Å². The van der Waals surface area contributed by atoms with Crippen molar-refractivity contribution in [2.75, 3.05) is 12.4 Å². The van der Waals surface area contributed by atoms with Gasteiger partial charge in [0.05, 0.1) is 24.1 Å². The first-order valence-electron chi connectivity index (χ1n) is 9.65. The second kappa shape index (κ2) is 8.82. The van der Waals surface area contributed by atoms with Gasteiger partial charge in [-0.15, -0.1) is 0 Å². The quantitative estimate of drug-likeness (QED) is 0.609. The van der Waals surface area contributed by atoms with Crippen molar-refractivity contribution in [3.8, 4) is 11.4 Å². The predicted octanol–water partition coefficient (Wildman–Crippen LogP) is 3.40. The van der Waals surface area contributed by atoms with E-state index in [-0.39, 0.29) is 35.8 Å². The summed E-state index contributed by atoms with van der Waals surface area (Å²) < 4.78 is 8.43. The van der Waals surface area contributed by atoms with Crippen LogP contribution in [0.5, 0.6) is 5.75 Å². The fourth-order valence-electron chi connectivity index (χ4n) is 3.32. The number of nitrogens with one attached hydrogen (secondary N) is 1. The third kappa shape index (κ3) is 4.20. The van der Waals surface area contributed by atoms with Gasteiger partial charge in [0.2, 0.25) is 5.91 Å². The Labute approximate surface area is 174 Å². The summed E-state index contributed by atoms with van der Waals surface area (Å²) in [5.74, 6) is -0.0891. The Morgan fingerprint density at radius 3 is 2.40 bits per heavy atom. The molecule has 0 spiro atoms. The van der Waals surface area contributed by atoms with Gasteiger partial charge in [0.25, 0.3) is 5.56 Å². The molecule has 0 atom stereocenters. The molecule has 30 heavy (non-hydrogen) atoms. The second-order valence-corrected chi connectivity index (χ2v) is 7.11. The molecule has 7 nitrogen and oxygen atoms in total. The van der Waals surface area contributed by atoms with Crippen LogP contribution in [0.2, 0.25) is 0 Å². The summed E-state index contributed by atoms with van der Waals surface area (Å²) >= 11 is 0. The first kappa shape index (κ1) is 21.1. The molecule has 0 aliphatic heterocycles. The third-order valence-corrected chi connectivity index (χ3v) is 5.05. The Hall–Kier alpha value is -3.61. The highest BCUT2D eigenvalue weighted by Gasteiger charge is 2.19. The van der Waals surface area contributed by atoms with Gasteiger partial charge < -0.3 is 10.1 Å². The van der Waals surface area contributed by atoms with Crippen molar-refractivity contribution in [1.82, 2.24) is 9.36 Å². The standard InChI is InChI=1S/C23H25N3O4/c1-15-10-12-20(30-4)18(14-15)19(27)11-13-21(28)24-22-16(2)25(3)26(23(22)29)17-8-6-5-7-9-17/h5-10,12,14H,11,13H2,1-4H3,(H,24,28). The monoisotopic (exact) mass is 407 g/mol. The Balaban J connectivity index is 1.74. The number of rotatable bonds is 7. The lowest BCUT2D eigenvalue weighted by molar-refractivity contribution is -0.116. The molecular weight excluding hydrogens is 382 g/mol. The average Bonchev–Trinajstić information content (AvgIpc) is 2.95. The Bertz CT molecular complexity index is 1140. The van der Waals surface area contributed by atoms with Crippen molar-refractivity contribution in [2.24, 2.45) is 7.05 Å². The van der Waals surface area contributed by atoms with Crippen LogP contribution in [0.15, 0.2) is 53.3 Å². The summed E-state index contributed by atoms with van der Waals surface area (Å²) in [6.45, 7) is 3.65. The molecule has 1 heterocycles. The number of ether oxygens (including phenoxy) is 1. The van der Waals surface area contributed by atoms with E-state index in [9.17, 15) is 14.4 Å². The molecule has 0 aliphatic rings. The number of carbonyl (C=O) groups is 2. The van der Waals surface area contributed by atoms with Gasteiger partial charge in [0.1, 0.15) is 11.4 Å². The minimum atomic E-state index is -0.388. The molecule has 3 rings (SSSR count). The van der Waals surface area contributed by atoms with E-state index in [0.717, 1.165) is 5.56 Å². The average molecular weight is 407 g/mol. The fraction of sp³-hybridized carbons (Fsp3) is 0.261. The van der Waals surface area contributed by atoms with E-state index in [0.29, 0.717) is 22.7 Å². The van der Waals surface area contributed by atoms with Crippen LogP contribution in [0.25, 0.3) is 5.69 Å². The molecule has 1 aromatic heterocycles. The Morgan fingerprint density at radius 2 is 1.73 bits per heavy atom. The number of carbonyl (C=O) groups excluding carboxylic acids is 2. The molecule has 0 unspecified atom stereocenters. The van der Waals surface area contributed by atoms with Crippen LogP contribution >= 0.6 is 0 Å². The molecule has 7 heteroatoms. The lowest BCUT2D eigenvalue weighted by Gasteiger charge is -2.09.